The van der Waals surface area contributed by atoms with E-state index < -0.39 is 15.8 Å². The second-order valence-corrected chi connectivity index (χ2v) is 8.46. The van der Waals surface area contributed by atoms with Gasteiger partial charge in [0, 0.05) is 25.7 Å². The summed E-state index contributed by atoms with van der Waals surface area (Å²) in [4.78, 5) is 13.7. The highest BCUT2D eigenvalue weighted by Gasteiger charge is 2.19. The van der Waals surface area contributed by atoms with Crippen LogP contribution < -0.4 is 9.62 Å². The minimum atomic E-state index is -3.78. The predicted octanol–water partition coefficient (Wildman–Crippen LogP) is 3.59. The maximum atomic E-state index is 13.4. The van der Waals surface area contributed by atoms with Crippen molar-refractivity contribution < 1.29 is 17.6 Å². The third-order valence-electron chi connectivity index (χ3n) is 4.30. The predicted molar refractivity (Wildman–Crippen MR) is 105 cm³/mol. The first-order valence-electron chi connectivity index (χ1n) is 8.76. The minimum Gasteiger partial charge on any atom is -0.311 e. The number of sulfonamides is 1. The Morgan fingerprint density at radius 2 is 1.85 bits per heavy atom. The van der Waals surface area contributed by atoms with Crippen molar-refractivity contribution in [2.75, 3.05) is 18.0 Å². The van der Waals surface area contributed by atoms with Crippen molar-refractivity contribution in [1.29, 1.82) is 0 Å². The van der Waals surface area contributed by atoms with E-state index in [0.29, 0.717) is 0 Å². The van der Waals surface area contributed by atoms with E-state index >= 15 is 0 Å². The van der Waals surface area contributed by atoms with Gasteiger partial charge in [-0.3, -0.25) is 4.79 Å². The molecular formula is C20H25FN2O3S. The maximum Gasteiger partial charge on any atom is 0.240 e. The Morgan fingerprint density at radius 3 is 2.44 bits per heavy atom. The molecule has 0 aromatic heterocycles. The molecule has 0 saturated heterocycles. The van der Waals surface area contributed by atoms with E-state index in [1.165, 1.54) is 26.0 Å². The van der Waals surface area contributed by atoms with Crippen LogP contribution in [-0.4, -0.2) is 27.4 Å². The first kappa shape index (κ1) is 21.1. The number of rotatable bonds is 7. The monoisotopic (exact) mass is 392 g/mol. The highest BCUT2D eigenvalue weighted by Crippen LogP contribution is 2.27. The lowest BCUT2D eigenvalue weighted by Crippen LogP contribution is -2.38. The van der Waals surface area contributed by atoms with Gasteiger partial charge in [0.25, 0.3) is 0 Å². The van der Waals surface area contributed by atoms with E-state index in [2.05, 4.69) is 4.72 Å². The van der Waals surface area contributed by atoms with Crippen molar-refractivity contribution in [3.8, 4) is 0 Å². The lowest BCUT2D eigenvalue weighted by Gasteiger charge is -2.25. The van der Waals surface area contributed by atoms with Crippen LogP contribution in [0.25, 0.3) is 0 Å². The summed E-state index contributed by atoms with van der Waals surface area (Å²) in [6.45, 7) is 7.28. The molecule has 0 fully saturated rings. The van der Waals surface area contributed by atoms with Crippen LogP contribution in [0.2, 0.25) is 0 Å². The number of carbonyl (C=O) groups is 1. The van der Waals surface area contributed by atoms with E-state index in [1.54, 1.807) is 4.90 Å². The molecule has 2 aromatic rings. The number of benzene rings is 2. The summed E-state index contributed by atoms with van der Waals surface area (Å²) < 4.78 is 40.7. The molecule has 1 N–H and O–H groups in total. The van der Waals surface area contributed by atoms with E-state index in [-0.39, 0.29) is 35.4 Å². The number of carbonyl (C=O) groups excluding carboxylic acids is 1. The summed E-state index contributed by atoms with van der Waals surface area (Å²) in [6.07, 6.45) is 0. The summed E-state index contributed by atoms with van der Waals surface area (Å²) in [6, 6.07) is 11.2. The van der Waals surface area contributed by atoms with Gasteiger partial charge in [0.15, 0.2) is 0 Å². The molecule has 7 heteroatoms. The van der Waals surface area contributed by atoms with Gasteiger partial charge in [-0.25, -0.2) is 17.5 Å². The molecular weight excluding hydrogens is 367 g/mol. The number of para-hydroxylation sites is 1. The summed E-state index contributed by atoms with van der Waals surface area (Å²) in [5, 5.41) is 0. The third-order valence-corrected chi connectivity index (χ3v) is 5.76. The topological polar surface area (TPSA) is 66.5 Å². The molecule has 0 atom stereocenters. The van der Waals surface area contributed by atoms with Crippen LogP contribution in [0.3, 0.4) is 0 Å². The Hall–Kier alpha value is -2.25. The summed E-state index contributed by atoms with van der Waals surface area (Å²) in [5.74, 6) is -0.399. The normalized spacial score (nSPS) is 11.6. The van der Waals surface area contributed by atoms with Gasteiger partial charge in [0.05, 0.1) is 4.90 Å². The van der Waals surface area contributed by atoms with Crippen molar-refractivity contribution in [3.63, 3.8) is 0 Å². The van der Waals surface area contributed by atoms with Gasteiger partial charge < -0.3 is 4.90 Å². The highest BCUT2D eigenvalue weighted by molar-refractivity contribution is 7.89. The van der Waals surface area contributed by atoms with Gasteiger partial charge in [0.2, 0.25) is 15.9 Å². The van der Waals surface area contributed by atoms with E-state index in [9.17, 15) is 17.6 Å². The SMILES string of the molecule is CC(=O)N(CCNS(=O)(=O)c1ccc(F)c(C)c1)c1ccccc1C(C)C. The molecule has 0 bridgehead atoms. The average molecular weight is 392 g/mol. The molecule has 0 aliphatic rings. The Labute approximate surface area is 160 Å². The van der Waals surface area contributed by atoms with Crippen molar-refractivity contribution in [2.45, 2.75) is 38.5 Å². The van der Waals surface area contributed by atoms with Crippen LogP contribution >= 0.6 is 0 Å². The molecule has 0 aliphatic carbocycles. The average Bonchev–Trinajstić information content (AvgIpc) is 2.60. The lowest BCUT2D eigenvalue weighted by molar-refractivity contribution is -0.116. The second kappa shape index (κ2) is 8.63. The van der Waals surface area contributed by atoms with Crippen LogP contribution in [0.5, 0.6) is 0 Å². The van der Waals surface area contributed by atoms with E-state index in [0.717, 1.165) is 17.3 Å². The largest absolute Gasteiger partial charge is 0.311 e. The molecule has 5 nitrogen and oxygen atoms in total. The zero-order chi connectivity index (χ0) is 20.2. The molecule has 2 rings (SSSR count). The molecule has 0 unspecified atom stereocenters. The minimum absolute atomic E-state index is 0.00152. The molecule has 0 aliphatic heterocycles. The zero-order valence-corrected chi connectivity index (χ0v) is 16.8. The summed E-state index contributed by atoms with van der Waals surface area (Å²) in [7, 11) is -3.78. The molecule has 1 amide bonds. The number of amides is 1. The van der Waals surface area contributed by atoms with Gasteiger partial charge in [0.1, 0.15) is 5.82 Å². The zero-order valence-electron chi connectivity index (χ0n) is 16.0. The third kappa shape index (κ3) is 5.14. The van der Waals surface area contributed by atoms with Crippen molar-refractivity contribution >= 4 is 21.6 Å². The van der Waals surface area contributed by atoms with Gasteiger partial charge in [-0.05, 0) is 48.2 Å². The Bertz CT molecular complexity index is 927. The smallest absolute Gasteiger partial charge is 0.240 e. The van der Waals surface area contributed by atoms with E-state index in [1.807, 2.05) is 38.1 Å². The Morgan fingerprint density at radius 1 is 1.19 bits per heavy atom. The standard InChI is InChI=1S/C20H25FN2O3S/c1-14(2)18-7-5-6-8-20(18)23(16(4)24)12-11-22-27(25,26)17-9-10-19(21)15(3)13-17/h5-10,13-14,22H,11-12H2,1-4H3. The molecule has 146 valence electrons. The number of aryl methyl sites for hydroxylation is 1. The Kier molecular flexibility index (Phi) is 6.73. The van der Waals surface area contributed by atoms with Gasteiger partial charge >= 0.3 is 0 Å². The first-order chi connectivity index (χ1) is 12.6. The second-order valence-electron chi connectivity index (χ2n) is 6.69. The summed E-state index contributed by atoms with van der Waals surface area (Å²) >= 11 is 0. The van der Waals surface area contributed by atoms with Crippen LogP contribution in [0.15, 0.2) is 47.4 Å². The van der Waals surface area contributed by atoms with Gasteiger partial charge in [-0.1, -0.05) is 32.0 Å². The fraction of sp³-hybridized carbons (Fsp3) is 0.350. The Balaban J connectivity index is 2.15. The van der Waals surface area contributed by atoms with Crippen LogP contribution in [0.1, 0.15) is 37.8 Å². The number of halogens is 1. The molecule has 2 aromatic carbocycles. The van der Waals surface area contributed by atoms with Crippen molar-refractivity contribution in [3.05, 3.63) is 59.4 Å². The first-order valence-corrected chi connectivity index (χ1v) is 10.2. The maximum absolute atomic E-state index is 13.4. The fourth-order valence-electron chi connectivity index (χ4n) is 2.83. The van der Waals surface area contributed by atoms with Gasteiger partial charge in [-0.15, -0.1) is 0 Å². The number of anilines is 1. The number of nitrogens with zero attached hydrogens (tertiary/aromatic N) is 1. The van der Waals surface area contributed by atoms with Crippen molar-refractivity contribution in [1.82, 2.24) is 4.72 Å². The fourth-order valence-corrected chi connectivity index (χ4v) is 3.93. The number of hydrogen-bond donors (Lipinski definition) is 1. The van der Waals surface area contributed by atoms with Gasteiger partial charge in [-0.2, -0.15) is 0 Å². The van der Waals surface area contributed by atoms with Crippen molar-refractivity contribution in [2.24, 2.45) is 0 Å². The molecule has 27 heavy (non-hydrogen) atoms. The lowest BCUT2D eigenvalue weighted by atomic mass is 10.0. The number of hydrogen-bond acceptors (Lipinski definition) is 3. The van der Waals surface area contributed by atoms with Crippen LogP contribution in [0, 0.1) is 12.7 Å². The quantitative estimate of drug-likeness (QED) is 0.783. The van der Waals surface area contributed by atoms with Crippen LogP contribution in [-0.2, 0) is 14.8 Å². The number of nitrogens with one attached hydrogen (secondary N) is 1. The molecule has 0 radical (unpaired) electrons. The van der Waals surface area contributed by atoms with E-state index in [4.69, 9.17) is 0 Å². The molecule has 0 saturated carbocycles. The highest BCUT2D eigenvalue weighted by atomic mass is 32.2. The van der Waals surface area contributed by atoms with Crippen LogP contribution in [0.4, 0.5) is 10.1 Å². The molecule has 0 spiro atoms. The summed E-state index contributed by atoms with van der Waals surface area (Å²) in [5.41, 5.74) is 2.05. The molecule has 0 heterocycles.